The van der Waals surface area contributed by atoms with Crippen LogP contribution >= 0.6 is 0 Å². The van der Waals surface area contributed by atoms with Crippen molar-refractivity contribution >= 4 is 5.97 Å². The molecule has 0 radical (unpaired) electrons. The number of allylic oxidation sites excluding steroid dienone is 2. The lowest BCUT2D eigenvalue weighted by Gasteiger charge is -2.66. The van der Waals surface area contributed by atoms with Crippen LogP contribution in [0.2, 0.25) is 0 Å². The first-order valence-electron chi connectivity index (χ1n) is 9.83. The van der Waals surface area contributed by atoms with Crippen LogP contribution in [-0.4, -0.2) is 11.1 Å². The van der Waals surface area contributed by atoms with Crippen molar-refractivity contribution in [2.75, 3.05) is 0 Å². The molecular formula is C21H30O2. The third-order valence-corrected chi connectivity index (χ3v) is 8.97. The second-order valence-corrected chi connectivity index (χ2v) is 10.1. The van der Waals surface area contributed by atoms with E-state index in [0.29, 0.717) is 11.8 Å². The number of rotatable bonds is 3. The lowest BCUT2D eigenvalue weighted by Crippen LogP contribution is -2.63. The number of hydrogen-bond donors (Lipinski definition) is 1. The van der Waals surface area contributed by atoms with Gasteiger partial charge < -0.3 is 5.11 Å². The van der Waals surface area contributed by atoms with E-state index < -0.39 is 11.4 Å². The van der Waals surface area contributed by atoms with Crippen molar-refractivity contribution in [2.24, 2.45) is 45.8 Å². The van der Waals surface area contributed by atoms with Crippen molar-refractivity contribution < 1.29 is 9.90 Å². The summed E-state index contributed by atoms with van der Waals surface area (Å²) < 4.78 is 0. The fourth-order valence-corrected chi connectivity index (χ4v) is 8.70. The molecule has 0 aliphatic heterocycles. The standard InChI is InChI=1S/C21H30O2/c1-13(2)20-4-3-14(11-20)12-21(20,18(22)23)19-8-15-5-16(9-19)7-17(6-15)10-19/h3-4,13-17H,5-12H2,1-2H3,(H,22,23). The van der Waals surface area contributed by atoms with Gasteiger partial charge in [0.1, 0.15) is 0 Å². The van der Waals surface area contributed by atoms with Crippen LogP contribution in [0.25, 0.3) is 0 Å². The highest BCUT2D eigenvalue weighted by atomic mass is 16.4. The topological polar surface area (TPSA) is 37.3 Å². The van der Waals surface area contributed by atoms with E-state index >= 15 is 0 Å². The highest BCUT2D eigenvalue weighted by molar-refractivity contribution is 5.79. The smallest absolute Gasteiger partial charge is 0.311 e. The van der Waals surface area contributed by atoms with Crippen LogP contribution in [0.4, 0.5) is 0 Å². The second-order valence-electron chi connectivity index (χ2n) is 10.1. The highest BCUT2D eigenvalue weighted by Gasteiger charge is 2.74. The van der Waals surface area contributed by atoms with Gasteiger partial charge in [-0.2, -0.15) is 0 Å². The Labute approximate surface area is 139 Å². The molecule has 0 spiro atoms. The minimum Gasteiger partial charge on any atom is -0.481 e. The molecule has 5 saturated carbocycles. The van der Waals surface area contributed by atoms with E-state index in [-0.39, 0.29) is 10.8 Å². The minimum absolute atomic E-state index is 0.0881. The maximum absolute atomic E-state index is 12.9. The average molecular weight is 314 g/mol. The quantitative estimate of drug-likeness (QED) is 0.753. The van der Waals surface area contributed by atoms with Gasteiger partial charge in [-0.25, -0.2) is 0 Å². The molecule has 0 amide bonds. The molecule has 3 atom stereocenters. The second kappa shape index (κ2) is 4.24. The van der Waals surface area contributed by atoms with Crippen LogP contribution < -0.4 is 0 Å². The molecule has 1 N–H and O–H groups in total. The summed E-state index contributed by atoms with van der Waals surface area (Å²) in [4.78, 5) is 12.9. The van der Waals surface area contributed by atoms with E-state index in [9.17, 15) is 9.90 Å². The fourth-order valence-electron chi connectivity index (χ4n) is 8.70. The van der Waals surface area contributed by atoms with Crippen molar-refractivity contribution in [3.05, 3.63) is 12.2 Å². The molecular weight excluding hydrogens is 284 g/mol. The Hall–Kier alpha value is -0.790. The number of fused-ring (bicyclic) bond motifs is 2. The van der Waals surface area contributed by atoms with Crippen LogP contribution in [0.1, 0.15) is 65.2 Å². The third kappa shape index (κ3) is 1.50. The number of carboxylic acid groups (broad SMARTS) is 1. The first kappa shape index (κ1) is 14.5. The monoisotopic (exact) mass is 314 g/mol. The van der Waals surface area contributed by atoms with Gasteiger partial charge in [-0.3, -0.25) is 4.79 Å². The Bertz CT molecular complexity index is 553. The average Bonchev–Trinajstić information content (AvgIpc) is 3.03. The summed E-state index contributed by atoms with van der Waals surface area (Å²) in [7, 11) is 0. The Morgan fingerprint density at radius 1 is 1.00 bits per heavy atom. The molecule has 0 heterocycles. The van der Waals surface area contributed by atoms with Crippen LogP contribution in [-0.2, 0) is 4.79 Å². The molecule has 3 unspecified atom stereocenters. The van der Waals surface area contributed by atoms with Crippen molar-refractivity contribution in [2.45, 2.75) is 65.2 Å². The Balaban J connectivity index is 1.69. The van der Waals surface area contributed by atoms with Crippen LogP contribution in [0.5, 0.6) is 0 Å². The largest absolute Gasteiger partial charge is 0.481 e. The molecule has 126 valence electrons. The predicted molar refractivity (Wildman–Crippen MR) is 89.8 cm³/mol. The zero-order valence-electron chi connectivity index (χ0n) is 14.6. The minimum atomic E-state index is -0.483. The summed E-state index contributed by atoms with van der Waals surface area (Å²) in [5.41, 5.74) is -0.476. The van der Waals surface area contributed by atoms with Gasteiger partial charge in [-0.1, -0.05) is 26.0 Å². The molecule has 5 fully saturated rings. The molecule has 0 aromatic rings. The molecule has 6 bridgehead atoms. The van der Waals surface area contributed by atoms with Crippen molar-refractivity contribution in [3.8, 4) is 0 Å². The van der Waals surface area contributed by atoms with Gasteiger partial charge in [-0.05, 0) is 86.4 Å². The maximum atomic E-state index is 12.9. The zero-order chi connectivity index (χ0) is 16.0. The van der Waals surface area contributed by atoms with E-state index in [1.165, 1.54) is 38.5 Å². The van der Waals surface area contributed by atoms with Crippen LogP contribution in [0, 0.1) is 45.8 Å². The van der Waals surface area contributed by atoms with Gasteiger partial charge in [0.2, 0.25) is 0 Å². The van der Waals surface area contributed by atoms with E-state index in [0.717, 1.165) is 30.6 Å². The number of aliphatic carboxylic acids is 1. The predicted octanol–water partition coefficient (Wildman–Crippen LogP) is 4.90. The zero-order valence-corrected chi connectivity index (χ0v) is 14.6. The lowest BCUT2D eigenvalue weighted by molar-refractivity contribution is -0.200. The summed E-state index contributed by atoms with van der Waals surface area (Å²) in [5.74, 6) is 2.95. The molecule has 0 aromatic carbocycles. The fraction of sp³-hybridized carbons (Fsp3) is 0.857. The summed E-state index contributed by atoms with van der Waals surface area (Å²) >= 11 is 0. The van der Waals surface area contributed by atoms with Gasteiger partial charge in [0.05, 0.1) is 5.41 Å². The van der Waals surface area contributed by atoms with Gasteiger partial charge in [-0.15, -0.1) is 0 Å². The van der Waals surface area contributed by atoms with E-state index in [1.54, 1.807) is 0 Å². The molecule has 6 rings (SSSR count). The summed E-state index contributed by atoms with van der Waals surface area (Å²) in [6.07, 6.45) is 14.5. The number of hydrogen-bond acceptors (Lipinski definition) is 1. The van der Waals surface area contributed by atoms with Gasteiger partial charge >= 0.3 is 5.97 Å². The molecule has 2 heteroatoms. The molecule has 2 nitrogen and oxygen atoms in total. The van der Waals surface area contributed by atoms with E-state index in [1.807, 2.05) is 0 Å². The summed E-state index contributed by atoms with van der Waals surface area (Å²) in [5, 5.41) is 10.6. The van der Waals surface area contributed by atoms with Gasteiger partial charge in [0.15, 0.2) is 0 Å². The number of carboxylic acids is 1. The van der Waals surface area contributed by atoms with Crippen molar-refractivity contribution in [1.82, 2.24) is 0 Å². The Kier molecular flexibility index (Phi) is 2.68. The van der Waals surface area contributed by atoms with Gasteiger partial charge in [0.25, 0.3) is 0 Å². The first-order valence-corrected chi connectivity index (χ1v) is 9.83. The normalized spacial score (nSPS) is 56.0. The van der Waals surface area contributed by atoms with Crippen molar-refractivity contribution in [1.29, 1.82) is 0 Å². The number of carbonyl (C=O) groups is 1. The van der Waals surface area contributed by atoms with Crippen LogP contribution in [0.15, 0.2) is 12.2 Å². The van der Waals surface area contributed by atoms with E-state index in [4.69, 9.17) is 0 Å². The van der Waals surface area contributed by atoms with E-state index in [2.05, 4.69) is 26.0 Å². The summed E-state index contributed by atoms with van der Waals surface area (Å²) in [6, 6.07) is 0. The molecule has 6 aliphatic carbocycles. The Morgan fingerprint density at radius 2 is 1.57 bits per heavy atom. The SMILES string of the molecule is CC(C)C12C=CC(C1)CC2(C(=O)O)C12CC3CC(CC(C3)C1)C2. The van der Waals surface area contributed by atoms with Crippen LogP contribution in [0.3, 0.4) is 0 Å². The summed E-state index contributed by atoms with van der Waals surface area (Å²) in [6.45, 7) is 4.55. The van der Waals surface area contributed by atoms with Gasteiger partial charge in [0, 0.05) is 5.41 Å². The molecule has 23 heavy (non-hydrogen) atoms. The Morgan fingerprint density at radius 3 is 2.00 bits per heavy atom. The first-order chi connectivity index (χ1) is 10.9. The lowest BCUT2D eigenvalue weighted by atomic mass is 9.37. The molecule has 0 aromatic heterocycles. The highest BCUT2D eigenvalue weighted by Crippen LogP contribution is 2.77. The molecule has 6 aliphatic rings. The molecule has 0 saturated heterocycles. The van der Waals surface area contributed by atoms with Crippen molar-refractivity contribution in [3.63, 3.8) is 0 Å². The third-order valence-electron chi connectivity index (χ3n) is 8.97. The maximum Gasteiger partial charge on any atom is 0.311 e.